The number of anilines is 3. The van der Waals surface area contributed by atoms with Gasteiger partial charge in [-0.3, -0.25) is 14.9 Å². The number of amides is 1. The molecule has 1 aliphatic rings. The molecule has 170 valence electrons. The summed E-state index contributed by atoms with van der Waals surface area (Å²) in [6, 6.07) is 14.4. The van der Waals surface area contributed by atoms with E-state index < -0.39 is 4.92 Å². The molecule has 0 atom stereocenters. The third kappa shape index (κ3) is 5.75. The van der Waals surface area contributed by atoms with Gasteiger partial charge in [0.2, 0.25) is 5.91 Å². The van der Waals surface area contributed by atoms with Gasteiger partial charge in [0.1, 0.15) is 23.0 Å². The Morgan fingerprint density at radius 2 is 1.82 bits per heavy atom. The normalized spacial score (nSPS) is 13.6. The molecule has 11 heteroatoms. The second kappa shape index (κ2) is 10.3. The lowest BCUT2D eigenvalue weighted by molar-refractivity contribution is -0.384. The van der Waals surface area contributed by atoms with Gasteiger partial charge in [-0.1, -0.05) is 30.0 Å². The number of nitro groups is 1. The molecule has 2 heterocycles. The van der Waals surface area contributed by atoms with Crippen molar-refractivity contribution in [2.24, 2.45) is 0 Å². The predicted molar refractivity (Wildman–Crippen MR) is 125 cm³/mol. The smallest absolute Gasteiger partial charge is 0.271 e. The molecule has 0 aliphatic carbocycles. The molecule has 2 aromatic carbocycles. The van der Waals surface area contributed by atoms with Gasteiger partial charge in [0, 0.05) is 50.1 Å². The number of hydrogen-bond donors (Lipinski definition) is 1. The molecule has 9 nitrogen and oxygen atoms in total. The number of carbonyl (C=O) groups excluding carboxylic acids is 1. The summed E-state index contributed by atoms with van der Waals surface area (Å²) in [6.07, 6.45) is 1.46. The number of halogens is 1. The van der Waals surface area contributed by atoms with E-state index in [0.29, 0.717) is 42.6 Å². The summed E-state index contributed by atoms with van der Waals surface area (Å²) in [7, 11) is 0. The van der Waals surface area contributed by atoms with Crippen LogP contribution in [0.3, 0.4) is 0 Å². The minimum absolute atomic E-state index is 0.0870. The summed E-state index contributed by atoms with van der Waals surface area (Å²) in [5, 5.41) is 14.2. The highest BCUT2D eigenvalue weighted by molar-refractivity contribution is 7.99. The minimum atomic E-state index is -0.511. The van der Waals surface area contributed by atoms with Crippen LogP contribution in [0.25, 0.3) is 0 Å². The van der Waals surface area contributed by atoms with Crippen LogP contribution in [0, 0.1) is 15.9 Å². The van der Waals surface area contributed by atoms with Gasteiger partial charge in [-0.05, 0) is 18.2 Å². The van der Waals surface area contributed by atoms with Gasteiger partial charge in [0.25, 0.3) is 5.69 Å². The number of rotatable bonds is 7. The van der Waals surface area contributed by atoms with E-state index in [9.17, 15) is 19.3 Å². The molecule has 33 heavy (non-hydrogen) atoms. The van der Waals surface area contributed by atoms with Crippen molar-refractivity contribution in [3.05, 3.63) is 76.9 Å². The molecule has 1 aliphatic heterocycles. The average Bonchev–Trinajstić information content (AvgIpc) is 2.83. The van der Waals surface area contributed by atoms with Gasteiger partial charge in [-0.25, -0.2) is 14.4 Å². The van der Waals surface area contributed by atoms with E-state index in [0.717, 1.165) is 5.82 Å². The second-order valence-electron chi connectivity index (χ2n) is 7.28. The number of piperazine rings is 1. The zero-order valence-corrected chi connectivity index (χ0v) is 18.4. The highest BCUT2D eigenvalue weighted by Gasteiger charge is 2.20. The number of nitrogens with one attached hydrogen (secondary N) is 1. The molecule has 1 aromatic heterocycles. The predicted octanol–water partition coefficient (Wildman–Crippen LogP) is 3.58. The standard InChI is InChI=1S/C22H21FN6O3S/c23-18-6-1-2-7-19(18)27-8-10-28(11-9-27)20-13-22(25-15-24-20)33-14-21(30)26-16-4-3-5-17(12-16)29(31)32/h1-7,12-13,15H,8-11,14H2,(H,26,30). The summed E-state index contributed by atoms with van der Waals surface area (Å²) < 4.78 is 14.0. The molecule has 0 unspecified atom stereocenters. The largest absolute Gasteiger partial charge is 0.366 e. The third-order valence-electron chi connectivity index (χ3n) is 5.12. The van der Waals surface area contributed by atoms with Gasteiger partial charge in [-0.2, -0.15) is 0 Å². The van der Waals surface area contributed by atoms with Crippen molar-refractivity contribution in [3.63, 3.8) is 0 Å². The van der Waals surface area contributed by atoms with Crippen LogP contribution in [0.2, 0.25) is 0 Å². The summed E-state index contributed by atoms with van der Waals surface area (Å²) in [4.78, 5) is 35.3. The van der Waals surface area contributed by atoms with Crippen molar-refractivity contribution in [2.45, 2.75) is 5.03 Å². The molecule has 0 saturated carbocycles. The SMILES string of the molecule is O=C(CSc1cc(N2CCN(c3ccccc3F)CC2)ncn1)Nc1cccc([N+](=O)[O-])c1. The summed E-state index contributed by atoms with van der Waals surface area (Å²) in [5.41, 5.74) is 0.882. The fourth-order valence-corrected chi connectivity index (χ4v) is 4.16. The molecule has 0 radical (unpaired) electrons. The van der Waals surface area contributed by atoms with Crippen molar-refractivity contribution in [3.8, 4) is 0 Å². The lowest BCUT2D eigenvalue weighted by Crippen LogP contribution is -2.47. The monoisotopic (exact) mass is 468 g/mol. The molecule has 1 N–H and O–H groups in total. The van der Waals surface area contributed by atoms with Crippen LogP contribution in [-0.2, 0) is 4.79 Å². The molecule has 4 rings (SSSR count). The highest BCUT2D eigenvalue weighted by atomic mass is 32.2. The summed E-state index contributed by atoms with van der Waals surface area (Å²) in [5.74, 6) is 0.328. The Kier molecular flexibility index (Phi) is 6.98. The van der Waals surface area contributed by atoms with Crippen molar-refractivity contribution in [1.82, 2.24) is 9.97 Å². The number of hydrogen-bond acceptors (Lipinski definition) is 8. The maximum atomic E-state index is 14.0. The van der Waals surface area contributed by atoms with E-state index in [1.54, 1.807) is 18.2 Å². The third-order valence-corrected chi connectivity index (χ3v) is 6.04. The Morgan fingerprint density at radius 3 is 2.58 bits per heavy atom. The maximum Gasteiger partial charge on any atom is 0.271 e. The van der Waals surface area contributed by atoms with Gasteiger partial charge >= 0.3 is 0 Å². The Morgan fingerprint density at radius 1 is 1.06 bits per heavy atom. The van der Waals surface area contributed by atoms with E-state index in [2.05, 4.69) is 20.2 Å². The summed E-state index contributed by atoms with van der Waals surface area (Å²) >= 11 is 1.25. The van der Waals surface area contributed by atoms with E-state index in [1.807, 2.05) is 17.0 Å². The Labute approximate surface area is 193 Å². The first-order valence-corrected chi connectivity index (χ1v) is 11.2. The molecule has 1 amide bonds. The first-order valence-electron chi connectivity index (χ1n) is 10.2. The van der Waals surface area contributed by atoms with E-state index in [-0.39, 0.29) is 23.2 Å². The molecular weight excluding hydrogens is 447 g/mol. The number of thioether (sulfide) groups is 1. The van der Waals surface area contributed by atoms with Crippen LogP contribution in [-0.4, -0.2) is 52.7 Å². The minimum Gasteiger partial charge on any atom is -0.366 e. The maximum absolute atomic E-state index is 14.0. The second-order valence-corrected chi connectivity index (χ2v) is 8.28. The van der Waals surface area contributed by atoms with Crippen LogP contribution >= 0.6 is 11.8 Å². The first kappa shape index (κ1) is 22.5. The highest BCUT2D eigenvalue weighted by Crippen LogP contribution is 2.24. The molecule has 3 aromatic rings. The molecule has 1 saturated heterocycles. The van der Waals surface area contributed by atoms with E-state index >= 15 is 0 Å². The van der Waals surface area contributed by atoms with Crippen LogP contribution in [0.15, 0.2) is 66.0 Å². The zero-order valence-electron chi connectivity index (χ0n) is 17.6. The van der Waals surface area contributed by atoms with Gasteiger partial charge < -0.3 is 15.1 Å². The van der Waals surface area contributed by atoms with Crippen molar-refractivity contribution in [2.75, 3.05) is 47.0 Å². The quantitative estimate of drug-likeness (QED) is 0.243. The van der Waals surface area contributed by atoms with E-state index in [1.165, 1.54) is 42.4 Å². The number of aromatic nitrogens is 2. The van der Waals surface area contributed by atoms with Crippen LogP contribution < -0.4 is 15.1 Å². The lowest BCUT2D eigenvalue weighted by atomic mass is 10.2. The lowest BCUT2D eigenvalue weighted by Gasteiger charge is -2.36. The number of nitro benzene ring substituents is 1. The summed E-state index contributed by atoms with van der Waals surface area (Å²) in [6.45, 7) is 2.70. The first-order chi connectivity index (χ1) is 16.0. The van der Waals surface area contributed by atoms with Crippen LogP contribution in [0.5, 0.6) is 0 Å². The van der Waals surface area contributed by atoms with Crippen molar-refractivity contribution < 1.29 is 14.1 Å². The number of carbonyl (C=O) groups is 1. The average molecular weight is 469 g/mol. The van der Waals surface area contributed by atoms with Crippen molar-refractivity contribution >= 4 is 40.5 Å². The van der Waals surface area contributed by atoms with Gasteiger partial charge in [0.15, 0.2) is 0 Å². The molecule has 0 bridgehead atoms. The fourth-order valence-electron chi connectivity index (χ4n) is 3.50. The number of para-hydroxylation sites is 1. The molecular formula is C22H21FN6O3S. The van der Waals surface area contributed by atoms with Gasteiger partial charge in [0.05, 0.1) is 16.4 Å². The topological polar surface area (TPSA) is 104 Å². The molecule has 0 spiro atoms. The van der Waals surface area contributed by atoms with Crippen molar-refractivity contribution in [1.29, 1.82) is 0 Å². The Bertz CT molecular complexity index is 1160. The number of nitrogens with zero attached hydrogens (tertiary/aromatic N) is 5. The Hall–Kier alpha value is -3.73. The molecule has 1 fully saturated rings. The van der Waals surface area contributed by atoms with Gasteiger partial charge in [-0.15, -0.1) is 0 Å². The van der Waals surface area contributed by atoms with E-state index in [4.69, 9.17) is 0 Å². The Balaban J connectivity index is 1.31. The fraction of sp³-hybridized carbons (Fsp3) is 0.227. The number of benzene rings is 2. The van der Waals surface area contributed by atoms with Crippen LogP contribution in [0.4, 0.5) is 27.3 Å². The zero-order chi connectivity index (χ0) is 23.2. The number of non-ortho nitro benzene ring substituents is 1. The van der Waals surface area contributed by atoms with Crippen LogP contribution in [0.1, 0.15) is 0 Å².